The monoisotopic (exact) mass is 352 g/mol. The molecule has 0 atom stereocenters. The molecule has 23 heavy (non-hydrogen) atoms. The van der Waals surface area contributed by atoms with E-state index < -0.39 is 0 Å². The number of likely N-dealkylation sites (N-methyl/N-ethyl adjacent to an activating group) is 1. The summed E-state index contributed by atoms with van der Waals surface area (Å²) in [4.78, 5) is 16.7. The van der Waals surface area contributed by atoms with E-state index in [1.54, 1.807) is 24.3 Å². The summed E-state index contributed by atoms with van der Waals surface area (Å²) in [6, 6.07) is 8.79. The van der Waals surface area contributed by atoms with Gasteiger partial charge in [0.05, 0.1) is 10.0 Å². The van der Waals surface area contributed by atoms with Crippen molar-refractivity contribution in [3.05, 3.63) is 46.1 Å². The zero-order valence-electron chi connectivity index (χ0n) is 12.9. The standard InChI is InChI=1S/C17H18Cl2N2O2/c1-2-20-8-10-21(11-9-20)17(22)15-7-6-14(23-15)12-4-3-5-13(18)16(12)19/h3-7H,2,8-11H2,1H3. The van der Waals surface area contributed by atoms with E-state index >= 15 is 0 Å². The molecular formula is C17H18Cl2N2O2. The zero-order chi connectivity index (χ0) is 16.4. The van der Waals surface area contributed by atoms with E-state index in [-0.39, 0.29) is 5.91 Å². The van der Waals surface area contributed by atoms with Gasteiger partial charge >= 0.3 is 0 Å². The molecule has 0 unspecified atom stereocenters. The minimum Gasteiger partial charge on any atom is -0.451 e. The van der Waals surface area contributed by atoms with Crippen molar-refractivity contribution in [3.63, 3.8) is 0 Å². The van der Waals surface area contributed by atoms with Crippen LogP contribution in [-0.2, 0) is 0 Å². The van der Waals surface area contributed by atoms with E-state index in [0.29, 0.717) is 27.1 Å². The Morgan fingerprint density at radius 1 is 1.13 bits per heavy atom. The number of carbonyl (C=O) groups excluding carboxylic acids is 1. The summed E-state index contributed by atoms with van der Waals surface area (Å²) < 4.78 is 5.73. The molecule has 1 fully saturated rings. The molecule has 4 nitrogen and oxygen atoms in total. The lowest BCUT2D eigenvalue weighted by Crippen LogP contribution is -2.48. The number of halogens is 2. The molecule has 3 rings (SSSR count). The molecule has 1 saturated heterocycles. The van der Waals surface area contributed by atoms with Crippen LogP contribution in [0.25, 0.3) is 11.3 Å². The summed E-state index contributed by atoms with van der Waals surface area (Å²) in [5.41, 5.74) is 0.689. The summed E-state index contributed by atoms with van der Waals surface area (Å²) in [6.45, 7) is 6.39. The lowest BCUT2D eigenvalue weighted by Gasteiger charge is -2.33. The molecule has 1 aliphatic heterocycles. The van der Waals surface area contributed by atoms with E-state index in [0.717, 1.165) is 32.7 Å². The van der Waals surface area contributed by atoms with Crippen molar-refractivity contribution in [3.8, 4) is 11.3 Å². The van der Waals surface area contributed by atoms with E-state index in [1.165, 1.54) is 0 Å². The fraction of sp³-hybridized carbons (Fsp3) is 0.353. The minimum absolute atomic E-state index is 0.0786. The number of benzene rings is 1. The number of rotatable bonds is 3. The molecule has 1 amide bonds. The molecule has 0 N–H and O–H groups in total. The Kier molecular flexibility index (Phi) is 4.95. The van der Waals surface area contributed by atoms with Crippen molar-refractivity contribution in [2.24, 2.45) is 0 Å². The number of nitrogens with zero attached hydrogens (tertiary/aromatic N) is 2. The summed E-state index contributed by atoms with van der Waals surface area (Å²) in [5, 5.41) is 0.892. The third-order valence-electron chi connectivity index (χ3n) is 4.14. The molecule has 0 aliphatic carbocycles. The van der Waals surface area contributed by atoms with Gasteiger partial charge in [-0.15, -0.1) is 0 Å². The topological polar surface area (TPSA) is 36.7 Å². The predicted octanol–water partition coefficient (Wildman–Crippen LogP) is 4.03. The number of furan rings is 1. The highest BCUT2D eigenvalue weighted by molar-refractivity contribution is 6.43. The number of piperazine rings is 1. The van der Waals surface area contributed by atoms with Crippen LogP contribution in [0.4, 0.5) is 0 Å². The Morgan fingerprint density at radius 2 is 1.87 bits per heavy atom. The minimum atomic E-state index is -0.0786. The van der Waals surface area contributed by atoms with Crippen molar-refractivity contribution in [1.82, 2.24) is 9.80 Å². The third kappa shape index (κ3) is 3.39. The number of hydrogen-bond donors (Lipinski definition) is 0. The van der Waals surface area contributed by atoms with E-state index in [4.69, 9.17) is 27.6 Å². The van der Waals surface area contributed by atoms with Crippen LogP contribution in [0.5, 0.6) is 0 Å². The van der Waals surface area contributed by atoms with E-state index in [2.05, 4.69) is 11.8 Å². The molecule has 122 valence electrons. The molecule has 0 saturated carbocycles. The average molecular weight is 353 g/mol. The van der Waals surface area contributed by atoms with Crippen molar-refractivity contribution in [1.29, 1.82) is 0 Å². The Hall–Kier alpha value is -1.49. The van der Waals surface area contributed by atoms with Gasteiger partial charge < -0.3 is 14.2 Å². The smallest absolute Gasteiger partial charge is 0.289 e. The fourth-order valence-electron chi connectivity index (χ4n) is 2.71. The van der Waals surface area contributed by atoms with Gasteiger partial charge in [0.15, 0.2) is 5.76 Å². The lowest BCUT2D eigenvalue weighted by molar-refractivity contribution is 0.0613. The highest BCUT2D eigenvalue weighted by Gasteiger charge is 2.24. The zero-order valence-corrected chi connectivity index (χ0v) is 14.4. The molecule has 0 radical (unpaired) electrons. The summed E-state index contributed by atoms with van der Waals surface area (Å²) in [7, 11) is 0. The Bertz CT molecular complexity index is 706. The van der Waals surface area contributed by atoms with Gasteiger partial charge in [-0.3, -0.25) is 4.79 Å². The normalized spacial score (nSPS) is 15.9. The van der Waals surface area contributed by atoms with Crippen LogP contribution in [0.15, 0.2) is 34.7 Å². The van der Waals surface area contributed by atoms with Gasteiger partial charge in [-0.05, 0) is 30.8 Å². The maximum Gasteiger partial charge on any atom is 0.289 e. The van der Waals surface area contributed by atoms with Gasteiger partial charge in [-0.25, -0.2) is 0 Å². The van der Waals surface area contributed by atoms with Crippen LogP contribution < -0.4 is 0 Å². The van der Waals surface area contributed by atoms with Crippen LogP contribution >= 0.6 is 23.2 Å². The molecule has 6 heteroatoms. The van der Waals surface area contributed by atoms with Crippen LogP contribution in [-0.4, -0.2) is 48.4 Å². The third-order valence-corrected chi connectivity index (χ3v) is 4.96. The van der Waals surface area contributed by atoms with Crippen LogP contribution in [0, 0.1) is 0 Å². The Labute approximate surface area is 145 Å². The molecule has 0 spiro atoms. The van der Waals surface area contributed by atoms with Crippen molar-refractivity contribution in [2.45, 2.75) is 6.92 Å². The van der Waals surface area contributed by atoms with Gasteiger partial charge in [0.25, 0.3) is 5.91 Å². The summed E-state index contributed by atoms with van der Waals surface area (Å²) in [5.74, 6) is 0.805. The van der Waals surface area contributed by atoms with Gasteiger partial charge in [-0.2, -0.15) is 0 Å². The fourth-order valence-corrected chi connectivity index (χ4v) is 3.11. The van der Waals surface area contributed by atoms with Crippen LogP contribution in [0.3, 0.4) is 0 Å². The lowest BCUT2D eigenvalue weighted by atomic mass is 10.2. The van der Waals surface area contributed by atoms with Gasteiger partial charge in [0, 0.05) is 31.7 Å². The quantitative estimate of drug-likeness (QED) is 0.836. The van der Waals surface area contributed by atoms with E-state index in [9.17, 15) is 4.79 Å². The maximum absolute atomic E-state index is 12.5. The molecule has 1 aromatic carbocycles. The highest BCUT2D eigenvalue weighted by Crippen LogP contribution is 2.34. The summed E-state index contributed by atoms with van der Waals surface area (Å²) in [6.07, 6.45) is 0. The first-order valence-electron chi connectivity index (χ1n) is 7.66. The first-order chi connectivity index (χ1) is 11.1. The Morgan fingerprint density at radius 3 is 2.57 bits per heavy atom. The second-order valence-corrected chi connectivity index (χ2v) is 6.28. The first kappa shape index (κ1) is 16.4. The molecular weight excluding hydrogens is 335 g/mol. The SMILES string of the molecule is CCN1CCN(C(=O)c2ccc(-c3cccc(Cl)c3Cl)o2)CC1. The predicted molar refractivity (Wildman–Crippen MR) is 92.2 cm³/mol. The Balaban J connectivity index is 1.77. The van der Waals surface area contributed by atoms with Crippen LogP contribution in [0.1, 0.15) is 17.5 Å². The largest absolute Gasteiger partial charge is 0.451 e. The first-order valence-corrected chi connectivity index (χ1v) is 8.41. The van der Waals surface area contributed by atoms with Gasteiger partial charge in [0.1, 0.15) is 5.76 Å². The maximum atomic E-state index is 12.5. The second kappa shape index (κ2) is 6.95. The second-order valence-electron chi connectivity index (χ2n) is 5.49. The molecule has 2 aromatic rings. The van der Waals surface area contributed by atoms with Gasteiger partial charge in [0.2, 0.25) is 0 Å². The molecule has 2 heterocycles. The number of amides is 1. The number of hydrogen-bond acceptors (Lipinski definition) is 3. The van der Waals surface area contributed by atoms with Crippen molar-refractivity contribution in [2.75, 3.05) is 32.7 Å². The number of carbonyl (C=O) groups is 1. The van der Waals surface area contributed by atoms with E-state index in [1.807, 2.05) is 11.0 Å². The van der Waals surface area contributed by atoms with Gasteiger partial charge in [-0.1, -0.05) is 36.2 Å². The van der Waals surface area contributed by atoms with Crippen molar-refractivity contribution < 1.29 is 9.21 Å². The molecule has 0 bridgehead atoms. The van der Waals surface area contributed by atoms with Crippen LogP contribution in [0.2, 0.25) is 10.0 Å². The average Bonchev–Trinajstić information content (AvgIpc) is 3.06. The molecule has 1 aromatic heterocycles. The molecule has 1 aliphatic rings. The van der Waals surface area contributed by atoms with Crippen molar-refractivity contribution >= 4 is 29.1 Å². The highest BCUT2D eigenvalue weighted by atomic mass is 35.5. The summed E-state index contributed by atoms with van der Waals surface area (Å²) >= 11 is 12.2.